The molecule has 2 saturated heterocycles. The van der Waals surface area contributed by atoms with Gasteiger partial charge in [-0.25, -0.2) is 0 Å². The van der Waals surface area contributed by atoms with Crippen LogP contribution in [0, 0.1) is 0 Å². The fourth-order valence-corrected chi connectivity index (χ4v) is 1.16. The first-order valence-electron chi connectivity index (χ1n) is 3.29. The average molecular weight is 130 g/mol. The molecule has 52 valence electrons. The van der Waals surface area contributed by atoms with Crippen molar-refractivity contribution in [3.63, 3.8) is 0 Å². The molecule has 2 heterocycles. The summed E-state index contributed by atoms with van der Waals surface area (Å²) >= 11 is 0. The van der Waals surface area contributed by atoms with Gasteiger partial charge < -0.3 is 14.6 Å². The van der Waals surface area contributed by atoms with E-state index in [4.69, 9.17) is 9.47 Å². The molecule has 3 nitrogen and oxygen atoms in total. The quantitative estimate of drug-likeness (QED) is 0.538. The minimum absolute atomic E-state index is 0.0359. The molecule has 2 atom stereocenters. The van der Waals surface area contributed by atoms with Crippen molar-refractivity contribution in [1.82, 2.24) is 0 Å². The van der Waals surface area contributed by atoms with Gasteiger partial charge in [0, 0.05) is 19.4 Å². The highest BCUT2D eigenvalue weighted by atomic mass is 16.7. The first-order valence-corrected chi connectivity index (χ1v) is 3.29. The van der Waals surface area contributed by atoms with Gasteiger partial charge in [0.1, 0.15) is 6.10 Å². The largest absolute Gasteiger partial charge is 0.372 e. The molecule has 2 aliphatic rings. The Bertz CT molecular complexity index is 115. The van der Waals surface area contributed by atoms with Crippen LogP contribution in [0.4, 0.5) is 0 Å². The van der Waals surface area contributed by atoms with Crippen molar-refractivity contribution in [1.29, 1.82) is 0 Å². The molecule has 9 heavy (non-hydrogen) atoms. The fourth-order valence-electron chi connectivity index (χ4n) is 1.16. The number of rotatable bonds is 1. The van der Waals surface area contributed by atoms with E-state index in [1.54, 1.807) is 0 Å². The molecule has 0 aliphatic carbocycles. The maximum Gasteiger partial charge on any atom is 0.194 e. The third kappa shape index (κ3) is 0.689. The van der Waals surface area contributed by atoms with Crippen LogP contribution < -0.4 is 0 Å². The van der Waals surface area contributed by atoms with Crippen LogP contribution in [-0.2, 0) is 9.47 Å². The smallest absolute Gasteiger partial charge is 0.194 e. The highest BCUT2D eigenvalue weighted by molar-refractivity contribution is 4.88. The van der Waals surface area contributed by atoms with Crippen LogP contribution in [0.5, 0.6) is 0 Å². The number of hydrogen-bond donors (Lipinski definition) is 1. The third-order valence-electron chi connectivity index (χ3n) is 2.01. The molecule has 0 aromatic rings. The van der Waals surface area contributed by atoms with Crippen molar-refractivity contribution in [2.24, 2.45) is 0 Å². The summed E-state index contributed by atoms with van der Waals surface area (Å²) in [6, 6.07) is 0. The highest BCUT2D eigenvalue weighted by Crippen LogP contribution is 2.34. The zero-order valence-electron chi connectivity index (χ0n) is 5.17. The van der Waals surface area contributed by atoms with E-state index in [2.05, 4.69) is 0 Å². The van der Waals surface area contributed by atoms with Gasteiger partial charge in [0.2, 0.25) is 0 Å². The monoisotopic (exact) mass is 130 g/mol. The van der Waals surface area contributed by atoms with E-state index < -0.39 is 5.79 Å². The van der Waals surface area contributed by atoms with Gasteiger partial charge in [0.05, 0.1) is 6.61 Å². The maximum atomic E-state index is 9.38. The van der Waals surface area contributed by atoms with Crippen molar-refractivity contribution in [3.05, 3.63) is 0 Å². The van der Waals surface area contributed by atoms with Crippen LogP contribution in [0.25, 0.3) is 0 Å². The molecule has 2 aliphatic heterocycles. The molecular formula is C6H10O3. The minimum Gasteiger partial charge on any atom is -0.372 e. The molecule has 2 unspecified atom stereocenters. The summed E-state index contributed by atoms with van der Waals surface area (Å²) in [5.41, 5.74) is 0. The van der Waals surface area contributed by atoms with E-state index in [-0.39, 0.29) is 6.10 Å². The van der Waals surface area contributed by atoms with Crippen LogP contribution in [0.2, 0.25) is 0 Å². The average Bonchev–Trinajstić information content (AvgIpc) is 1.56. The molecule has 0 spiro atoms. The lowest BCUT2D eigenvalue weighted by Crippen LogP contribution is -2.58. The van der Waals surface area contributed by atoms with Crippen molar-refractivity contribution in [2.75, 3.05) is 13.2 Å². The van der Waals surface area contributed by atoms with Crippen molar-refractivity contribution in [3.8, 4) is 0 Å². The molecule has 1 N–H and O–H groups in total. The molecule has 2 fully saturated rings. The van der Waals surface area contributed by atoms with E-state index in [1.165, 1.54) is 0 Å². The Morgan fingerprint density at radius 1 is 1.44 bits per heavy atom. The lowest BCUT2D eigenvalue weighted by Gasteiger charge is -2.46. The Morgan fingerprint density at radius 3 is 2.22 bits per heavy atom. The van der Waals surface area contributed by atoms with Gasteiger partial charge in [0.25, 0.3) is 0 Å². The zero-order chi connectivity index (χ0) is 6.32. The van der Waals surface area contributed by atoms with E-state index >= 15 is 0 Å². The van der Waals surface area contributed by atoms with E-state index in [0.29, 0.717) is 6.61 Å². The maximum absolute atomic E-state index is 9.38. The molecule has 0 saturated carbocycles. The predicted molar refractivity (Wildman–Crippen MR) is 29.9 cm³/mol. The zero-order valence-corrected chi connectivity index (χ0v) is 5.17. The SMILES string of the molecule is OC1(C2CCO2)CCO1. The molecule has 0 radical (unpaired) electrons. The van der Waals surface area contributed by atoms with Crippen LogP contribution in [-0.4, -0.2) is 30.2 Å². The Hall–Kier alpha value is -0.120. The van der Waals surface area contributed by atoms with E-state index in [9.17, 15) is 5.11 Å². The minimum atomic E-state index is -0.905. The lowest BCUT2D eigenvalue weighted by atomic mass is 9.96. The first-order chi connectivity index (χ1) is 4.31. The van der Waals surface area contributed by atoms with Gasteiger partial charge in [0.15, 0.2) is 5.79 Å². The van der Waals surface area contributed by atoms with Crippen molar-refractivity contribution in [2.45, 2.75) is 24.7 Å². The van der Waals surface area contributed by atoms with Crippen molar-refractivity contribution >= 4 is 0 Å². The van der Waals surface area contributed by atoms with Crippen molar-refractivity contribution < 1.29 is 14.6 Å². The molecule has 0 aromatic carbocycles. The van der Waals surface area contributed by atoms with E-state index in [0.717, 1.165) is 19.4 Å². The summed E-state index contributed by atoms with van der Waals surface area (Å²) < 4.78 is 10.0. The van der Waals surface area contributed by atoms with Crippen LogP contribution in [0.1, 0.15) is 12.8 Å². The lowest BCUT2D eigenvalue weighted by molar-refractivity contribution is -0.353. The summed E-state index contributed by atoms with van der Waals surface area (Å²) in [5.74, 6) is -0.905. The van der Waals surface area contributed by atoms with Gasteiger partial charge in [-0.3, -0.25) is 0 Å². The van der Waals surface area contributed by atoms with Gasteiger partial charge in [-0.2, -0.15) is 0 Å². The molecule has 2 rings (SSSR count). The summed E-state index contributed by atoms with van der Waals surface area (Å²) in [6.45, 7) is 1.45. The topological polar surface area (TPSA) is 38.7 Å². The van der Waals surface area contributed by atoms with Gasteiger partial charge in [-0.15, -0.1) is 0 Å². The van der Waals surface area contributed by atoms with Crippen LogP contribution in [0.3, 0.4) is 0 Å². The summed E-state index contributed by atoms with van der Waals surface area (Å²) in [4.78, 5) is 0. The second kappa shape index (κ2) is 1.68. The first kappa shape index (κ1) is 5.65. The molecule has 0 amide bonds. The van der Waals surface area contributed by atoms with Crippen LogP contribution in [0.15, 0.2) is 0 Å². The van der Waals surface area contributed by atoms with Gasteiger partial charge in [-0.1, -0.05) is 0 Å². The Kier molecular flexibility index (Phi) is 1.06. The van der Waals surface area contributed by atoms with Gasteiger partial charge in [-0.05, 0) is 0 Å². The second-order valence-corrected chi connectivity index (χ2v) is 2.59. The third-order valence-corrected chi connectivity index (χ3v) is 2.01. The summed E-state index contributed by atoms with van der Waals surface area (Å²) in [7, 11) is 0. The van der Waals surface area contributed by atoms with Crippen LogP contribution >= 0.6 is 0 Å². The number of hydrogen-bond acceptors (Lipinski definition) is 3. The fraction of sp³-hybridized carbons (Fsp3) is 1.00. The van der Waals surface area contributed by atoms with Gasteiger partial charge >= 0.3 is 0 Å². The molecule has 0 bridgehead atoms. The summed E-state index contributed by atoms with van der Waals surface area (Å²) in [6.07, 6.45) is 1.64. The Labute approximate surface area is 53.6 Å². The molecule has 3 heteroatoms. The normalized spacial score (nSPS) is 49.7. The highest BCUT2D eigenvalue weighted by Gasteiger charge is 2.47. The predicted octanol–water partition coefficient (Wildman–Crippen LogP) is -0.116. The Balaban J connectivity index is 1.94. The standard InChI is InChI=1S/C6H10O3/c7-6(2-4-9-6)5-1-3-8-5/h5,7H,1-4H2. The number of aliphatic hydroxyl groups is 1. The second-order valence-electron chi connectivity index (χ2n) is 2.59. The van der Waals surface area contributed by atoms with E-state index in [1.807, 2.05) is 0 Å². The Morgan fingerprint density at radius 2 is 2.11 bits per heavy atom. The molecular weight excluding hydrogens is 120 g/mol. The molecule has 0 aromatic heterocycles. The number of ether oxygens (including phenoxy) is 2. The summed E-state index contributed by atoms with van der Waals surface area (Å²) in [5, 5.41) is 9.38.